The van der Waals surface area contributed by atoms with Crippen molar-refractivity contribution in [2.75, 3.05) is 52.3 Å². The van der Waals surface area contributed by atoms with Crippen LogP contribution in [-0.2, 0) is 34.6 Å². The van der Waals surface area contributed by atoms with E-state index in [-0.39, 0.29) is 35.4 Å². The van der Waals surface area contributed by atoms with Crippen molar-refractivity contribution in [3.05, 3.63) is 100 Å². The van der Waals surface area contributed by atoms with Crippen molar-refractivity contribution in [1.29, 1.82) is 0 Å². The lowest BCUT2D eigenvalue weighted by Crippen LogP contribution is -2.63. The first-order valence-electron chi connectivity index (χ1n) is 19.1. The molecule has 0 radical (unpaired) electrons. The number of piperidine rings is 1. The number of nitrogens with one attached hydrogen (secondary N) is 2. The first kappa shape index (κ1) is 38.7. The highest BCUT2D eigenvalue weighted by atomic mass is 16.6. The number of carbonyl (C=O) groups excluding carboxylic acids is 4. The van der Waals surface area contributed by atoms with E-state index in [0.717, 1.165) is 35.4 Å². The standard InChI is InChI=1S/C41H51N9O6/c1-27-33(22-44-50(27)32-15-17-47(18-16-32)39(54)56-40(2,3)4)36(51)45-31-13-9-28(10-14-31)21-43-37(52)35-42-23-34-41(25-55-26-41)48(19-20-49(34)35)24-29-7-11-30(12-8-29)38(53)46(5)6/h7-14,22-23,32H,15-21,24-26H2,1-6H3,(H,43,52)(H,45,51). The van der Waals surface area contributed by atoms with Gasteiger partial charge in [0.25, 0.3) is 17.7 Å². The van der Waals surface area contributed by atoms with Crippen LogP contribution < -0.4 is 10.6 Å². The lowest BCUT2D eigenvalue weighted by Gasteiger charge is -2.52. The maximum Gasteiger partial charge on any atom is 0.410 e. The van der Waals surface area contributed by atoms with E-state index in [2.05, 4.69) is 25.6 Å². The van der Waals surface area contributed by atoms with Gasteiger partial charge in [-0.25, -0.2) is 9.78 Å². The topological polar surface area (TPSA) is 156 Å². The van der Waals surface area contributed by atoms with E-state index in [1.54, 1.807) is 36.3 Å². The Morgan fingerprint density at radius 1 is 0.911 bits per heavy atom. The number of nitrogens with zero attached hydrogens (tertiary/aromatic N) is 7. The summed E-state index contributed by atoms with van der Waals surface area (Å²) in [6.45, 7) is 11.9. The maximum atomic E-state index is 13.4. The molecule has 2 aromatic heterocycles. The van der Waals surface area contributed by atoms with Crippen molar-refractivity contribution in [3.8, 4) is 0 Å². The van der Waals surface area contributed by atoms with Crippen LogP contribution in [0.2, 0.25) is 0 Å². The highest BCUT2D eigenvalue weighted by Gasteiger charge is 2.50. The Kier molecular flexibility index (Phi) is 10.7. The van der Waals surface area contributed by atoms with E-state index in [4.69, 9.17) is 9.47 Å². The molecular weight excluding hydrogens is 715 g/mol. The van der Waals surface area contributed by atoms with Crippen LogP contribution in [0.1, 0.15) is 93.5 Å². The third kappa shape index (κ3) is 7.91. The molecule has 5 heterocycles. The number of hydrogen-bond donors (Lipinski definition) is 2. The molecule has 0 aliphatic carbocycles. The smallest absolute Gasteiger partial charge is 0.410 e. The first-order valence-corrected chi connectivity index (χ1v) is 19.1. The molecule has 0 bridgehead atoms. The molecule has 15 heteroatoms. The second-order valence-electron chi connectivity index (χ2n) is 16.1. The third-order valence-corrected chi connectivity index (χ3v) is 10.8. The summed E-state index contributed by atoms with van der Waals surface area (Å²) >= 11 is 0. The van der Waals surface area contributed by atoms with Crippen LogP contribution in [0.25, 0.3) is 0 Å². The summed E-state index contributed by atoms with van der Waals surface area (Å²) in [6.07, 6.45) is 4.52. The molecule has 4 aromatic rings. The molecule has 1 spiro atoms. The summed E-state index contributed by atoms with van der Waals surface area (Å²) in [5.41, 5.74) is 4.55. The number of rotatable bonds is 9. The van der Waals surface area contributed by atoms with Gasteiger partial charge in [0.15, 0.2) is 5.82 Å². The van der Waals surface area contributed by atoms with E-state index < -0.39 is 5.60 Å². The predicted octanol–water partition coefficient (Wildman–Crippen LogP) is 4.59. The molecule has 15 nitrogen and oxygen atoms in total. The summed E-state index contributed by atoms with van der Waals surface area (Å²) in [4.78, 5) is 61.8. The van der Waals surface area contributed by atoms with Crippen LogP contribution in [0.4, 0.5) is 10.5 Å². The summed E-state index contributed by atoms with van der Waals surface area (Å²) in [6, 6.07) is 15.2. The number of likely N-dealkylation sites (tertiary alicyclic amines) is 1. The van der Waals surface area contributed by atoms with Gasteiger partial charge in [0.1, 0.15) is 11.1 Å². The summed E-state index contributed by atoms with van der Waals surface area (Å²) in [5.74, 6) is -0.183. The zero-order valence-electron chi connectivity index (χ0n) is 33.0. The minimum atomic E-state index is -0.542. The number of imidazole rings is 1. The van der Waals surface area contributed by atoms with E-state index in [0.29, 0.717) is 75.1 Å². The van der Waals surface area contributed by atoms with E-state index in [1.807, 2.05) is 85.5 Å². The number of benzene rings is 2. The molecule has 7 rings (SSSR count). The van der Waals surface area contributed by atoms with Gasteiger partial charge < -0.3 is 34.5 Å². The normalized spacial score (nSPS) is 16.9. The largest absolute Gasteiger partial charge is 0.444 e. The summed E-state index contributed by atoms with van der Waals surface area (Å²) in [7, 11) is 3.48. The zero-order valence-corrected chi connectivity index (χ0v) is 33.0. The van der Waals surface area contributed by atoms with E-state index >= 15 is 0 Å². The van der Waals surface area contributed by atoms with Gasteiger partial charge in [-0.15, -0.1) is 0 Å². The number of fused-ring (bicyclic) bond motifs is 2. The van der Waals surface area contributed by atoms with Crippen molar-refractivity contribution in [2.24, 2.45) is 0 Å². The second kappa shape index (κ2) is 15.5. The molecule has 4 amide bonds. The van der Waals surface area contributed by atoms with Crippen molar-refractivity contribution < 1.29 is 28.7 Å². The fraction of sp³-hybridized carbons (Fsp3) is 0.463. The molecule has 0 atom stereocenters. The van der Waals surface area contributed by atoms with Gasteiger partial charge in [-0.3, -0.25) is 24.0 Å². The number of aromatic nitrogens is 4. The molecular formula is C41H51N9O6. The predicted molar refractivity (Wildman–Crippen MR) is 208 cm³/mol. The Labute approximate surface area is 326 Å². The number of amides is 4. The molecule has 2 aromatic carbocycles. The van der Waals surface area contributed by atoms with Gasteiger partial charge in [0.05, 0.1) is 42.9 Å². The summed E-state index contributed by atoms with van der Waals surface area (Å²) < 4.78 is 15.1. The van der Waals surface area contributed by atoms with E-state index in [9.17, 15) is 19.2 Å². The van der Waals surface area contributed by atoms with Crippen LogP contribution in [0.5, 0.6) is 0 Å². The SMILES string of the molecule is Cc1c(C(=O)Nc2ccc(CNC(=O)c3ncc4n3CCN(Cc3ccc(C(=O)N(C)C)cc3)C43COC3)cc2)cnn1C1CCN(C(=O)OC(C)(C)C)CC1. The van der Waals surface area contributed by atoms with Crippen molar-refractivity contribution in [2.45, 2.75) is 77.4 Å². The monoisotopic (exact) mass is 765 g/mol. The Morgan fingerprint density at radius 2 is 1.59 bits per heavy atom. The molecule has 3 aliphatic heterocycles. The minimum Gasteiger partial charge on any atom is -0.444 e. The Bertz CT molecular complexity index is 2090. The van der Waals surface area contributed by atoms with Gasteiger partial charge in [0.2, 0.25) is 0 Å². The van der Waals surface area contributed by atoms with Crippen LogP contribution in [-0.4, -0.2) is 110 Å². The van der Waals surface area contributed by atoms with Gasteiger partial charge in [-0.1, -0.05) is 24.3 Å². The van der Waals surface area contributed by atoms with Crippen LogP contribution >= 0.6 is 0 Å². The lowest BCUT2D eigenvalue weighted by molar-refractivity contribution is -0.162. The number of hydrogen-bond acceptors (Lipinski definition) is 9. The first-order chi connectivity index (χ1) is 26.7. The van der Waals surface area contributed by atoms with Gasteiger partial charge in [-0.05, 0) is 75.9 Å². The average Bonchev–Trinajstić information content (AvgIpc) is 3.77. The molecule has 296 valence electrons. The fourth-order valence-electron chi connectivity index (χ4n) is 7.64. The molecule has 3 aliphatic rings. The molecule has 56 heavy (non-hydrogen) atoms. The fourth-order valence-corrected chi connectivity index (χ4v) is 7.64. The van der Waals surface area contributed by atoms with Crippen LogP contribution in [0.3, 0.4) is 0 Å². The Balaban J connectivity index is 0.916. The van der Waals surface area contributed by atoms with Gasteiger partial charge in [0, 0.05) is 70.3 Å². The molecule has 0 unspecified atom stereocenters. The van der Waals surface area contributed by atoms with Crippen molar-refractivity contribution in [3.63, 3.8) is 0 Å². The van der Waals surface area contributed by atoms with Gasteiger partial charge >= 0.3 is 6.09 Å². The quantitative estimate of drug-likeness (QED) is 0.249. The third-order valence-electron chi connectivity index (χ3n) is 10.8. The molecule has 2 fully saturated rings. The second-order valence-corrected chi connectivity index (χ2v) is 16.1. The molecule has 0 saturated carbocycles. The minimum absolute atomic E-state index is 0.0301. The lowest BCUT2D eigenvalue weighted by atomic mass is 9.88. The molecule has 2 saturated heterocycles. The summed E-state index contributed by atoms with van der Waals surface area (Å²) in [5, 5.41) is 10.5. The van der Waals surface area contributed by atoms with Crippen molar-refractivity contribution in [1.82, 2.24) is 39.3 Å². The number of anilines is 1. The molecule has 2 N–H and O–H groups in total. The maximum absolute atomic E-state index is 13.4. The van der Waals surface area contributed by atoms with Crippen LogP contribution in [0.15, 0.2) is 60.9 Å². The number of carbonyl (C=O) groups is 4. The Morgan fingerprint density at radius 3 is 2.21 bits per heavy atom. The number of ether oxygens (including phenoxy) is 2. The van der Waals surface area contributed by atoms with E-state index in [1.165, 1.54) is 0 Å². The van der Waals surface area contributed by atoms with Crippen molar-refractivity contribution >= 4 is 29.5 Å². The highest BCUT2D eigenvalue weighted by molar-refractivity contribution is 6.05. The van der Waals surface area contributed by atoms with Crippen LogP contribution in [0, 0.1) is 6.92 Å². The highest BCUT2D eigenvalue weighted by Crippen LogP contribution is 2.40. The zero-order chi connectivity index (χ0) is 39.8. The average molecular weight is 766 g/mol. The Hall–Kier alpha value is -5.54. The van der Waals surface area contributed by atoms with Gasteiger partial charge in [-0.2, -0.15) is 5.10 Å².